The Kier molecular flexibility index (Phi) is 7.89. The van der Waals surface area contributed by atoms with Gasteiger partial charge >= 0.3 is 0 Å². The predicted octanol–water partition coefficient (Wildman–Crippen LogP) is 4.04. The van der Waals surface area contributed by atoms with Crippen LogP contribution in [0.15, 0.2) is 42.5 Å². The highest BCUT2D eigenvalue weighted by atomic mass is 35.5. The van der Waals surface area contributed by atoms with E-state index in [9.17, 15) is 9.59 Å². The van der Waals surface area contributed by atoms with Crippen molar-refractivity contribution >= 4 is 35.2 Å². The topological polar surface area (TPSA) is 76.7 Å². The van der Waals surface area contributed by atoms with E-state index in [0.717, 1.165) is 5.56 Å². The third-order valence-electron chi connectivity index (χ3n) is 3.68. The Labute approximate surface area is 169 Å². The van der Waals surface area contributed by atoms with Gasteiger partial charge in [0.25, 0.3) is 0 Å². The fourth-order valence-corrected chi connectivity index (χ4v) is 2.78. The molecule has 0 radical (unpaired) electrons. The number of nitrogens with one attached hydrogen (secondary N) is 2. The Morgan fingerprint density at radius 1 is 1.21 bits per heavy atom. The number of ether oxygens (including phenoxy) is 2. The van der Waals surface area contributed by atoms with Crippen LogP contribution in [0.1, 0.15) is 25.0 Å². The van der Waals surface area contributed by atoms with Gasteiger partial charge in [-0.3, -0.25) is 9.59 Å². The monoisotopic (exact) mass is 402 g/mol. The van der Waals surface area contributed by atoms with E-state index < -0.39 is 0 Å². The van der Waals surface area contributed by atoms with Gasteiger partial charge in [0.1, 0.15) is 0 Å². The maximum absolute atomic E-state index is 12.1. The van der Waals surface area contributed by atoms with Crippen LogP contribution < -0.4 is 20.1 Å². The third kappa shape index (κ3) is 6.32. The molecule has 0 spiro atoms. The van der Waals surface area contributed by atoms with E-state index in [-0.39, 0.29) is 11.8 Å². The molecule has 148 valence electrons. The first-order chi connectivity index (χ1) is 13.4. The number of amides is 2. The van der Waals surface area contributed by atoms with Crippen LogP contribution in [-0.2, 0) is 16.1 Å². The molecule has 0 aliphatic heterocycles. The first kappa shape index (κ1) is 21.3. The number of methoxy groups -OCH3 is 1. The molecular formula is C21H23ClN2O4. The zero-order valence-corrected chi connectivity index (χ0v) is 16.8. The Hall–Kier alpha value is -2.99. The molecule has 0 saturated heterocycles. The fraction of sp³-hybridized carbons (Fsp3) is 0.238. The smallest absolute Gasteiger partial charge is 0.244 e. The van der Waals surface area contributed by atoms with Gasteiger partial charge in [-0.1, -0.05) is 23.7 Å². The van der Waals surface area contributed by atoms with Crippen LogP contribution in [0.5, 0.6) is 11.5 Å². The van der Waals surface area contributed by atoms with Crippen molar-refractivity contribution in [2.45, 2.75) is 20.4 Å². The number of rotatable bonds is 8. The van der Waals surface area contributed by atoms with Crippen molar-refractivity contribution in [3.63, 3.8) is 0 Å². The molecule has 2 amide bonds. The molecule has 2 rings (SSSR count). The summed E-state index contributed by atoms with van der Waals surface area (Å²) in [6.07, 6.45) is 3.07. The fourth-order valence-electron chi connectivity index (χ4n) is 2.50. The largest absolute Gasteiger partial charge is 0.493 e. The number of anilines is 1. The van der Waals surface area contributed by atoms with E-state index in [0.29, 0.717) is 40.9 Å². The van der Waals surface area contributed by atoms with Gasteiger partial charge < -0.3 is 20.1 Å². The van der Waals surface area contributed by atoms with Gasteiger partial charge in [-0.25, -0.2) is 0 Å². The van der Waals surface area contributed by atoms with E-state index in [4.69, 9.17) is 21.1 Å². The van der Waals surface area contributed by atoms with Crippen LogP contribution in [0.25, 0.3) is 6.08 Å². The Balaban J connectivity index is 2.00. The normalized spacial score (nSPS) is 10.6. The summed E-state index contributed by atoms with van der Waals surface area (Å²) in [4.78, 5) is 23.2. The maximum atomic E-state index is 12.1. The molecule has 6 nitrogen and oxygen atoms in total. The number of carbonyl (C=O) groups is 2. The zero-order valence-electron chi connectivity index (χ0n) is 16.0. The minimum atomic E-state index is -0.256. The Morgan fingerprint density at radius 3 is 2.68 bits per heavy atom. The summed E-state index contributed by atoms with van der Waals surface area (Å²) in [5, 5.41) is 5.92. The Morgan fingerprint density at radius 2 is 2.00 bits per heavy atom. The lowest BCUT2D eigenvalue weighted by molar-refractivity contribution is -0.116. The minimum absolute atomic E-state index is 0.145. The third-order valence-corrected chi connectivity index (χ3v) is 3.96. The second kappa shape index (κ2) is 10.4. The lowest BCUT2D eigenvalue weighted by Crippen LogP contribution is -2.20. The number of carbonyl (C=O) groups excluding carboxylic acids is 2. The van der Waals surface area contributed by atoms with Crippen LogP contribution in [-0.4, -0.2) is 25.5 Å². The highest BCUT2D eigenvalue weighted by molar-refractivity contribution is 6.32. The van der Waals surface area contributed by atoms with Gasteiger partial charge in [0.05, 0.1) is 18.7 Å². The van der Waals surface area contributed by atoms with Gasteiger partial charge in [0.15, 0.2) is 11.5 Å². The van der Waals surface area contributed by atoms with Crippen LogP contribution in [0, 0.1) is 0 Å². The first-order valence-electron chi connectivity index (χ1n) is 8.75. The first-order valence-corrected chi connectivity index (χ1v) is 9.13. The van der Waals surface area contributed by atoms with Crippen molar-refractivity contribution in [3.8, 4) is 11.5 Å². The standard InChI is InChI=1S/C21H23ClN2O4/c1-4-28-21-18(22)11-15(12-19(21)27-3)8-9-20(26)23-13-16-6-5-7-17(10-16)24-14(2)25/h5-12H,4,13H2,1-3H3,(H,23,26)(H,24,25)/b9-8+. The highest BCUT2D eigenvalue weighted by Gasteiger charge is 2.10. The molecule has 0 saturated carbocycles. The molecule has 7 heteroatoms. The molecule has 0 heterocycles. The summed E-state index contributed by atoms with van der Waals surface area (Å²) in [5.74, 6) is 0.582. The summed E-state index contributed by atoms with van der Waals surface area (Å²) in [6, 6.07) is 10.7. The van der Waals surface area contributed by atoms with Crippen molar-refractivity contribution in [2.75, 3.05) is 19.0 Å². The second-order valence-corrected chi connectivity index (χ2v) is 6.31. The van der Waals surface area contributed by atoms with Gasteiger partial charge in [-0.2, -0.15) is 0 Å². The minimum Gasteiger partial charge on any atom is -0.493 e. The summed E-state index contributed by atoms with van der Waals surface area (Å²) in [7, 11) is 1.53. The molecule has 2 aromatic carbocycles. The Bertz CT molecular complexity index is 881. The van der Waals surface area contributed by atoms with Crippen LogP contribution in [0.2, 0.25) is 5.02 Å². The molecule has 0 aliphatic rings. The number of hydrogen-bond donors (Lipinski definition) is 2. The highest BCUT2D eigenvalue weighted by Crippen LogP contribution is 2.36. The second-order valence-electron chi connectivity index (χ2n) is 5.90. The molecule has 28 heavy (non-hydrogen) atoms. The summed E-state index contributed by atoms with van der Waals surface area (Å²) >= 11 is 6.23. The van der Waals surface area contributed by atoms with Crippen molar-refractivity contribution in [1.82, 2.24) is 5.32 Å². The predicted molar refractivity (Wildman–Crippen MR) is 111 cm³/mol. The average molecular weight is 403 g/mol. The number of hydrogen-bond acceptors (Lipinski definition) is 4. The SMILES string of the molecule is CCOc1c(Cl)cc(/C=C/C(=O)NCc2cccc(NC(C)=O)c2)cc1OC. The van der Waals surface area contributed by atoms with Crippen molar-refractivity contribution in [1.29, 1.82) is 0 Å². The van der Waals surface area contributed by atoms with E-state index in [1.165, 1.54) is 20.1 Å². The molecular weight excluding hydrogens is 380 g/mol. The van der Waals surface area contributed by atoms with Crippen molar-refractivity contribution < 1.29 is 19.1 Å². The molecule has 0 fully saturated rings. The molecule has 0 atom stereocenters. The van der Waals surface area contributed by atoms with Gasteiger partial charge in [-0.15, -0.1) is 0 Å². The van der Waals surface area contributed by atoms with E-state index in [1.807, 2.05) is 25.1 Å². The van der Waals surface area contributed by atoms with Crippen LogP contribution >= 0.6 is 11.6 Å². The summed E-state index contributed by atoms with van der Waals surface area (Å²) in [6.45, 7) is 4.11. The molecule has 0 unspecified atom stereocenters. The van der Waals surface area contributed by atoms with Gasteiger partial charge in [0.2, 0.25) is 11.8 Å². The molecule has 0 aromatic heterocycles. The number of halogens is 1. The molecule has 0 bridgehead atoms. The molecule has 2 aromatic rings. The molecule has 0 aliphatic carbocycles. The van der Waals surface area contributed by atoms with E-state index in [1.54, 1.807) is 24.3 Å². The lowest BCUT2D eigenvalue weighted by atomic mass is 10.1. The summed E-state index contributed by atoms with van der Waals surface area (Å²) < 4.78 is 10.8. The molecule has 2 N–H and O–H groups in total. The van der Waals surface area contributed by atoms with Crippen molar-refractivity contribution in [2.24, 2.45) is 0 Å². The van der Waals surface area contributed by atoms with E-state index >= 15 is 0 Å². The van der Waals surface area contributed by atoms with Crippen LogP contribution in [0.4, 0.5) is 5.69 Å². The zero-order chi connectivity index (χ0) is 20.5. The lowest BCUT2D eigenvalue weighted by Gasteiger charge is -2.11. The van der Waals surface area contributed by atoms with Crippen LogP contribution in [0.3, 0.4) is 0 Å². The van der Waals surface area contributed by atoms with E-state index in [2.05, 4.69) is 10.6 Å². The average Bonchev–Trinajstić information content (AvgIpc) is 2.66. The van der Waals surface area contributed by atoms with Gasteiger partial charge in [0, 0.05) is 25.2 Å². The number of benzene rings is 2. The summed E-state index contributed by atoms with van der Waals surface area (Å²) in [5.41, 5.74) is 2.28. The van der Waals surface area contributed by atoms with Gasteiger partial charge in [-0.05, 0) is 48.4 Å². The van der Waals surface area contributed by atoms with Crippen molar-refractivity contribution in [3.05, 3.63) is 58.6 Å². The quantitative estimate of drug-likeness (QED) is 0.653. The maximum Gasteiger partial charge on any atom is 0.244 e.